The van der Waals surface area contributed by atoms with Crippen LogP contribution in [0.4, 0.5) is 10.5 Å². The van der Waals surface area contributed by atoms with Crippen molar-refractivity contribution in [2.24, 2.45) is 0 Å². The Kier molecular flexibility index (Phi) is 7.33. The molecule has 1 N–H and O–H groups in total. The summed E-state index contributed by atoms with van der Waals surface area (Å²) in [6, 6.07) is 19.1. The SMILES string of the molecule is CCc1ccc(N2C(=O)NC(=O)/C(=C/c3ccc(OCc4ccccc4Cl)c(I)c3)C2=O)cc1. The number of nitrogens with one attached hydrogen (secondary N) is 1. The second-order valence-corrected chi connectivity index (χ2v) is 9.12. The fourth-order valence-electron chi connectivity index (χ4n) is 3.43. The fraction of sp³-hybridized carbons (Fsp3) is 0.115. The summed E-state index contributed by atoms with van der Waals surface area (Å²) in [6.45, 7) is 2.33. The first kappa shape index (κ1) is 24.0. The number of imide groups is 2. The molecular weight excluding hydrogens is 567 g/mol. The minimum absolute atomic E-state index is 0.125. The van der Waals surface area contributed by atoms with E-state index in [-0.39, 0.29) is 5.57 Å². The lowest BCUT2D eigenvalue weighted by molar-refractivity contribution is -0.122. The zero-order valence-electron chi connectivity index (χ0n) is 18.2. The van der Waals surface area contributed by atoms with Crippen molar-refractivity contribution in [2.75, 3.05) is 4.90 Å². The van der Waals surface area contributed by atoms with Gasteiger partial charge in [0.25, 0.3) is 11.8 Å². The number of anilines is 1. The molecule has 8 heteroatoms. The van der Waals surface area contributed by atoms with Crippen LogP contribution in [0, 0.1) is 3.57 Å². The number of benzene rings is 3. The molecule has 0 aromatic heterocycles. The predicted octanol–water partition coefficient (Wildman–Crippen LogP) is 5.75. The van der Waals surface area contributed by atoms with Gasteiger partial charge in [-0.2, -0.15) is 0 Å². The quantitative estimate of drug-likeness (QED) is 0.227. The highest BCUT2D eigenvalue weighted by Gasteiger charge is 2.36. The summed E-state index contributed by atoms with van der Waals surface area (Å²) in [6.07, 6.45) is 2.30. The van der Waals surface area contributed by atoms with Crippen LogP contribution in [0.25, 0.3) is 6.08 Å². The molecule has 34 heavy (non-hydrogen) atoms. The van der Waals surface area contributed by atoms with Crippen LogP contribution >= 0.6 is 34.2 Å². The molecule has 0 radical (unpaired) electrons. The summed E-state index contributed by atoms with van der Waals surface area (Å²) in [5.41, 5.74) is 2.85. The maximum atomic E-state index is 13.1. The van der Waals surface area contributed by atoms with Crippen LogP contribution in [0.3, 0.4) is 0 Å². The molecule has 1 aliphatic heterocycles. The second-order valence-electron chi connectivity index (χ2n) is 7.55. The van der Waals surface area contributed by atoms with Gasteiger partial charge in [-0.15, -0.1) is 0 Å². The lowest BCUT2D eigenvalue weighted by Crippen LogP contribution is -2.54. The molecule has 172 valence electrons. The van der Waals surface area contributed by atoms with Crippen molar-refractivity contribution in [2.45, 2.75) is 20.0 Å². The molecule has 0 saturated carbocycles. The highest BCUT2D eigenvalue weighted by molar-refractivity contribution is 14.1. The molecule has 0 atom stereocenters. The number of carbonyl (C=O) groups is 3. The number of ether oxygens (including phenoxy) is 1. The number of nitrogens with zero attached hydrogens (tertiary/aromatic N) is 1. The first-order chi connectivity index (χ1) is 16.4. The van der Waals surface area contributed by atoms with Gasteiger partial charge >= 0.3 is 6.03 Å². The van der Waals surface area contributed by atoms with Gasteiger partial charge in [0.15, 0.2) is 0 Å². The van der Waals surface area contributed by atoms with Crippen LogP contribution in [0.15, 0.2) is 72.3 Å². The second kappa shape index (κ2) is 10.4. The maximum Gasteiger partial charge on any atom is 0.335 e. The van der Waals surface area contributed by atoms with Gasteiger partial charge in [0.1, 0.15) is 17.9 Å². The van der Waals surface area contributed by atoms with E-state index in [0.717, 1.165) is 26.0 Å². The zero-order valence-corrected chi connectivity index (χ0v) is 21.1. The number of barbiturate groups is 1. The summed E-state index contributed by atoms with van der Waals surface area (Å²) in [5.74, 6) is -0.757. The summed E-state index contributed by atoms with van der Waals surface area (Å²) < 4.78 is 6.68. The Balaban J connectivity index is 1.56. The zero-order chi connectivity index (χ0) is 24.2. The molecule has 1 saturated heterocycles. The Labute approximate surface area is 215 Å². The number of halogens is 2. The van der Waals surface area contributed by atoms with Gasteiger partial charge in [-0.3, -0.25) is 14.9 Å². The monoisotopic (exact) mass is 586 g/mol. The molecule has 0 spiro atoms. The topological polar surface area (TPSA) is 75.7 Å². The molecule has 0 bridgehead atoms. The Morgan fingerprint density at radius 1 is 1.03 bits per heavy atom. The molecule has 6 nitrogen and oxygen atoms in total. The Morgan fingerprint density at radius 2 is 1.76 bits per heavy atom. The number of hydrogen-bond acceptors (Lipinski definition) is 4. The van der Waals surface area contributed by atoms with E-state index in [1.807, 2.05) is 37.3 Å². The van der Waals surface area contributed by atoms with Gasteiger partial charge in [-0.1, -0.05) is 54.9 Å². The number of urea groups is 1. The van der Waals surface area contributed by atoms with E-state index in [1.54, 1.807) is 36.4 Å². The number of hydrogen-bond donors (Lipinski definition) is 1. The highest BCUT2D eigenvalue weighted by Crippen LogP contribution is 2.27. The molecule has 4 amide bonds. The van der Waals surface area contributed by atoms with Crippen molar-refractivity contribution in [3.05, 3.63) is 97.6 Å². The van der Waals surface area contributed by atoms with Crippen LogP contribution in [-0.2, 0) is 22.6 Å². The number of amides is 4. The molecule has 1 heterocycles. The third kappa shape index (κ3) is 5.15. The van der Waals surface area contributed by atoms with Crippen LogP contribution in [0.5, 0.6) is 5.75 Å². The van der Waals surface area contributed by atoms with Gasteiger partial charge in [0, 0.05) is 10.6 Å². The molecule has 0 aliphatic carbocycles. The van der Waals surface area contributed by atoms with E-state index in [1.165, 1.54) is 6.08 Å². The lowest BCUT2D eigenvalue weighted by Gasteiger charge is -2.26. The normalized spacial score (nSPS) is 15.0. The van der Waals surface area contributed by atoms with Crippen molar-refractivity contribution in [1.82, 2.24) is 5.32 Å². The van der Waals surface area contributed by atoms with Crippen LogP contribution in [-0.4, -0.2) is 17.8 Å². The van der Waals surface area contributed by atoms with Gasteiger partial charge < -0.3 is 4.74 Å². The summed E-state index contributed by atoms with van der Waals surface area (Å²) >= 11 is 8.31. The van der Waals surface area contributed by atoms with E-state index in [4.69, 9.17) is 16.3 Å². The van der Waals surface area contributed by atoms with Crippen molar-refractivity contribution >= 4 is 63.8 Å². The third-order valence-corrected chi connectivity index (χ3v) is 6.52. The summed E-state index contributed by atoms with van der Waals surface area (Å²) in [5, 5.41) is 2.88. The summed E-state index contributed by atoms with van der Waals surface area (Å²) in [7, 11) is 0. The van der Waals surface area contributed by atoms with Gasteiger partial charge in [0.2, 0.25) is 0 Å². The standard InChI is InChI=1S/C26H20ClIN2O4/c1-2-16-7-10-19(11-8-16)30-25(32)20(24(31)29-26(30)33)13-17-9-12-23(22(28)14-17)34-15-18-5-3-4-6-21(18)27/h3-14H,2,15H2,1H3,(H,29,31,33)/b20-13-. The van der Waals surface area contributed by atoms with E-state index in [2.05, 4.69) is 27.9 Å². The third-order valence-electron chi connectivity index (χ3n) is 5.31. The van der Waals surface area contributed by atoms with Crippen LogP contribution in [0.1, 0.15) is 23.6 Å². The molecule has 1 fully saturated rings. The van der Waals surface area contributed by atoms with Crippen molar-refractivity contribution in [1.29, 1.82) is 0 Å². The molecule has 1 aliphatic rings. The Morgan fingerprint density at radius 3 is 2.44 bits per heavy atom. The summed E-state index contributed by atoms with van der Waals surface area (Å²) in [4.78, 5) is 38.9. The van der Waals surface area contributed by atoms with E-state index in [9.17, 15) is 14.4 Å². The Bertz CT molecular complexity index is 1300. The minimum Gasteiger partial charge on any atom is -0.488 e. The Hall–Kier alpha value is -3.17. The maximum absolute atomic E-state index is 13.1. The first-order valence-corrected chi connectivity index (χ1v) is 12.0. The van der Waals surface area contributed by atoms with Crippen LogP contribution < -0.4 is 15.0 Å². The smallest absolute Gasteiger partial charge is 0.335 e. The fourth-order valence-corrected chi connectivity index (χ4v) is 4.32. The predicted molar refractivity (Wildman–Crippen MR) is 140 cm³/mol. The van der Waals surface area contributed by atoms with Gasteiger partial charge in [-0.05, 0) is 76.5 Å². The van der Waals surface area contributed by atoms with Crippen LogP contribution in [0.2, 0.25) is 5.02 Å². The molecular formula is C26H20ClIN2O4. The largest absolute Gasteiger partial charge is 0.488 e. The van der Waals surface area contributed by atoms with E-state index in [0.29, 0.717) is 28.6 Å². The number of carbonyl (C=O) groups excluding carboxylic acids is 3. The molecule has 4 rings (SSSR count). The van der Waals surface area contributed by atoms with E-state index >= 15 is 0 Å². The average Bonchev–Trinajstić information content (AvgIpc) is 2.82. The van der Waals surface area contributed by atoms with Gasteiger partial charge in [-0.25, -0.2) is 9.69 Å². The van der Waals surface area contributed by atoms with Gasteiger partial charge in [0.05, 0.1) is 9.26 Å². The molecule has 3 aromatic carbocycles. The lowest BCUT2D eigenvalue weighted by atomic mass is 10.1. The van der Waals surface area contributed by atoms with Crippen molar-refractivity contribution < 1.29 is 19.1 Å². The first-order valence-electron chi connectivity index (χ1n) is 10.5. The number of rotatable bonds is 6. The average molecular weight is 587 g/mol. The minimum atomic E-state index is -0.769. The number of aryl methyl sites for hydroxylation is 1. The molecule has 3 aromatic rings. The molecule has 0 unspecified atom stereocenters. The van der Waals surface area contributed by atoms with Crippen molar-refractivity contribution in [3.63, 3.8) is 0 Å². The van der Waals surface area contributed by atoms with E-state index < -0.39 is 17.8 Å². The highest BCUT2D eigenvalue weighted by atomic mass is 127. The van der Waals surface area contributed by atoms with Crippen molar-refractivity contribution in [3.8, 4) is 5.75 Å².